The van der Waals surface area contributed by atoms with E-state index in [1.807, 2.05) is 27.7 Å². The number of ether oxygens (including phenoxy) is 1. The fourth-order valence-electron chi connectivity index (χ4n) is 2.20. The van der Waals surface area contributed by atoms with Crippen molar-refractivity contribution >= 4 is 13.2 Å². The van der Waals surface area contributed by atoms with Crippen LogP contribution < -0.4 is 5.56 Å². The molecule has 1 aliphatic heterocycles. The zero-order valence-corrected chi connectivity index (χ0v) is 14.3. The van der Waals surface area contributed by atoms with Crippen LogP contribution in [0.4, 0.5) is 4.39 Å². The van der Waals surface area contributed by atoms with E-state index in [1.54, 1.807) is 25.4 Å². The van der Waals surface area contributed by atoms with E-state index < -0.39 is 24.0 Å². The Kier molecular flexibility index (Phi) is 5.13. The van der Waals surface area contributed by atoms with E-state index >= 15 is 0 Å². The monoisotopic (exact) mass is 323 g/mol. The predicted molar refractivity (Wildman–Crippen MR) is 87.7 cm³/mol. The van der Waals surface area contributed by atoms with Crippen LogP contribution in [0.1, 0.15) is 33.3 Å². The lowest BCUT2D eigenvalue weighted by Crippen LogP contribution is -2.41. The maximum Gasteiger partial charge on any atom is 0.525 e. The molecule has 1 aliphatic rings. The number of hydrogen-bond donors (Lipinski definition) is 0. The van der Waals surface area contributed by atoms with Crippen LogP contribution in [-0.4, -0.2) is 36.6 Å². The van der Waals surface area contributed by atoms with Crippen molar-refractivity contribution in [1.29, 1.82) is 0 Å². The zero-order valence-electron chi connectivity index (χ0n) is 14.3. The number of aromatic nitrogens is 1. The van der Waals surface area contributed by atoms with Gasteiger partial charge in [-0.15, -0.1) is 0 Å². The molecule has 2 rings (SSSR count). The quantitative estimate of drug-likeness (QED) is 0.781. The minimum atomic E-state index is -1.10. The molecule has 0 N–H and O–H groups in total. The molecule has 0 aromatic carbocycles. The lowest BCUT2D eigenvalue weighted by atomic mass is 9.87. The van der Waals surface area contributed by atoms with E-state index in [-0.39, 0.29) is 11.1 Å². The van der Waals surface area contributed by atoms with Gasteiger partial charge in [-0.25, -0.2) is 4.39 Å². The maximum absolute atomic E-state index is 14.5. The number of nitrogens with zero attached hydrogens (tertiary/aromatic N) is 1. The molecule has 1 aromatic rings. The Morgan fingerprint density at radius 1 is 1.35 bits per heavy atom. The van der Waals surface area contributed by atoms with Crippen LogP contribution in [0, 0.1) is 0 Å². The number of halogens is 1. The number of methoxy groups -OCH3 is 1. The molecule has 7 heteroatoms. The van der Waals surface area contributed by atoms with E-state index in [0.29, 0.717) is 13.2 Å². The summed E-state index contributed by atoms with van der Waals surface area (Å²) in [6.45, 7) is 8.21. The van der Waals surface area contributed by atoms with Gasteiger partial charge in [0.05, 0.1) is 17.8 Å². The summed E-state index contributed by atoms with van der Waals surface area (Å²) in [5.41, 5.74) is -1.91. The Morgan fingerprint density at radius 2 is 1.96 bits per heavy atom. The van der Waals surface area contributed by atoms with Crippen LogP contribution in [0.2, 0.25) is 0 Å². The van der Waals surface area contributed by atoms with E-state index in [4.69, 9.17) is 14.0 Å². The summed E-state index contributed by atoms with van der Waals surface area (Å²) in [4.78, 5) is 12.3. The van der Waals surface area contributed by atoms with Crippen molar-refractivity contribution in [3.05, 3.63) is 40.0 Å². The first-order chi connectivity index (χ1) is 10.7. The van der Waals surface area contributed by atoms with Crippen molar-refractivity contribution in [2.75, 3.05) is 13.7 Å². The molecular formula is C16H23BFNO4. The van der Waals surface area contributed by atoms with Crippen molar-refractivity contribution in [3.8, 4) is 0 Å². The fourth-order valence-corrected chi connectivity index (χ4v) is 2.20. The third-order valence-corrected chi connectivity index (χ3v) is 4.36. The predicted octanol–water partition coefficient (Wildman–Crippen LogP) is 2.44. The van der Waals surface area contributed by atoms with Crippen LogP contribution in [0.5, 0.6) is 0 Å². The molecule has 5 nitrogen and oxygen atoms in total. The first-order valence-electron chi connectivity index (χ1n) is 7.59. The van der Waals surface area contributed by atoms with Gasteiger partial charge in [0.25, 0.3) is 5.56 Å². The second-order valence-electron chi connectivity index (χ2n) is 6.57. The molecule has 0 spiro atoms. The maximum atomic E-state index is 14.5. The summed E-state index contributed by atoms with van der Waals surface area (Å²) in [5, 5.41) is 0. The highest BCUT2D eigenvalue weighted by Crippen LogP contribution is 2.38. The highest BCUT2D eigenvalue weighted by Gasteiger charge is 2.53. The average Bonchev–Trinajstić information content (AvgIpc) is 2.68. The summed E-state index contributed by atoms with van der Waals surface area (Å²) in [6, 6.07) is 3.26. The van der Waals surface area contributed by atoms with Gasteiger partial charge in [-0.2, -0.15) is 0 Å². The molecule has 0 saturated carbocycles. The summed E-state index contributed by atoms with van der Waals surface area (Å²) >= 11 is 0. The Balaban J connectivity index is 2.24. The SMILES string of the molecule is COCCn1cccc(C=C(F)B2OC(C)(C)C(C)(C)O2)c1=O. The fraction of sp³-hybridized carbons (Fsp3) is 0.562. The molecule has 1 saturated heterocycles. The highest BCUT2D eigenvalue weighted by atomic mass is 19.1. The number of hydrogen-bond acceptors (Lipinski definition) is 4. The molecular weight excluding hydrogens is 300 g/mol. The van der Waals surface area contributed by atoms with E-state index in [0.717, 1.165) is 0 Å². The van der Waals surface area contributed by atoms with Crippen LogP contribution in [0.25, 0.3) is 6.08 Å². The topological polar surface area (TPSA) is 49.7 Å². The number of pyridine rings is 1. The van der Waals surface area contributed by atoms with Crippen LogP contribution in [0.3, 0.4) is 0 Å². The lowest BCUT2D eigenvalue weighted by Gasteiger charge is -2.32. The first kappa shape index (κ1) is 17.9. The third kappa shape index (κ3) is 3.73. The molecule has 0 unspecified atom stereocenters. The highest BCUT2D eigenvalue weighted by molar-refractivity contribution is 6.54. The molecule has 0 radical (unpaired) electrons. The van der Waals surface area contributed by atoms with Crippen LogP contribution >= 0.6 is 0 Å². The lowest BCUT2D eigenvalue weighted by molar-refractivity contribution is 0.00578. The second-order valence-corrected chi connectivity index (χ2v) is 6.57. The third-order valence-electron chi connectivity index (χ3n) is 4.36. The molecule has 0 atom stereocenters. The van der Waals surface area contributed by atoms with E-state index in [2.05, 4.69) is 0 Å². The minimum Gasteiger partial charge on any atom is -0.398 e. The average molecular weight is 323 g/mol. The van der Waals surface area contributed by atoms with Crippen molar-refractivity contribution in [3.63, 3.8) is 0 Å². The van der Waals surface area contributed by atoms with Crippen molar-refractivity contribution in [2.24, 2.45) is 0 Å². The van der Waals surface area contributed by atoms with Crippen LogP contribution in [0.15, 0.2) is 28.9 Å². The smallest absolute Gasteiger partial charge is 0.398 e. The summed E-state index contributed by atoms with van der Waals surface area (Å²) in [6.07, 6.45) is 2.82. The summed E-state index contributed by atoms with van der Waals surface area (Å²) in [7, 11) is 0.458. The van der Waals surface area contributed by atoms with Gasteiger partial charge in [0.15, 0.2) is 0 Å². The zero-order chi connectivity index (χ0) is 17.3. The molecule has 2 heterocycles. The van der Waals surface area contributed by atoms with Gasteiger partial charge in [-0.05, 0) is 45.9 Å². The van der Waals surface area contributed by atoms with E-state index in [9.17, 15) is 9.18 Å². The summed E-state index contributed by atoms with van der Waals surface area (Å²) in [5.74, 6) is 0. The molecule has 0 amide bonds. The Morgan fingerprint density at radius 3 is 2.52 bits per heavy atom. The molecule has 1 fully saturated rings. The Hall–Kier alpha value is -1.44. The molecule has 126 valence electrons. The normalized spacial score (nSPS) is 20.1. The first-order valence-corrected chi connectivity index (χ1v) is 7.59. The van der Waals surface area contributed by atoms with Gasteiger partial charge in [0.1, 0.15) is 5.73 Å². The van der Waals surface area contributed by atoms with Crippen molar-refractivity contribution < 1.29 is 18.4 Å². The number of rotatable bonds is 5. The molecule has 23 heavy (non-hydrogen) atoms. The Labute approximate surface area is 136 Å². The van der Waals surface area contributed by atoms with Gasteiger partial charge in [0.2, 0.25) is 0 Å². The Bertz CT molecular complexity index is 638. The molecule has 1 aromatic heterocycles. The van der Waals surface area contributed by atoms with Gasteiger partial charge >= 0.3 is 7.12 Å². The van der Waals surface area contributed by atoms with Crippen molar-refractivity contribution in [1.82, 2.24) is 4.57 Å². The van der Waals surface area contributed by atoms with Crippen molar-refractivity contribution in [2.45, 2.75) is 45.4 Å². The standard InChI is InChI=1S/C16H23BFNO4/c1-15(2)16(3,4)23-17(22-15)13(18)11-12-7-6-8-19(14(12)20)9-10-21-5/h6-8,11H,9-10H2,1-5H3. The van der Waals surface area contributed by atoms with Gasteiger partial charge in [0, 0.05) is 25.4 Å². The molecule has 0 aliphatic carbocycles. The largest absolute Gasteiger partial charge is 0.525 e. The van der Waals surface area contributed by atoms with Crippen LogP contribution in [-0.2, 0) is 20.6 Å². The minimum absolute atomic E-state index is 0.246. The van der Waals surface area contributed by atoms with E-state index in [1.165, 1.54) is 10.6 Å². The molecule has 0 bridgehead atoms. The summed E-state index contributed by atoms with van der Waals surface area (Å²) < 4.78 is 32.2. The second kappa shape index (κ2) is 6.59. The van der Waals surface area contributed by atoms with Gasteiger partial charge in [-0.3, -0.25) is 4.79 Å². The van der Waals surface area contributed by atoms with Gasteiger partial charge in [-0.1, -0.05) is 0 Å². The van der Waals surface area contributed by atoms with Gasteiger partial charge < -0.3 is 18.6 Å².